The molecule has 1 aromatic carbocycles. The van der Waals surface area contributed by atoms with E-state index in [1.807, 2.05) is 30.3 Å². The maximum atomic E-state index is 13.4. The Balaban J connectivity index is 1.58. The average molecular weight is 438 g/mol. The first kappa shape index (κ1) is 20.8. The van der Waals surface area contributed by atoms with Crippen molar-refractivity contribution in [2.24, 2.45) is 11.3 Å². The molecule has 0 saturated heterocycles. The van der Waals surface area contributed by atoms with Gasteiger partial charge in [-0.05, 0) is 30.2 Å². The SMILES string of the molecule is CC1(C)CC(=O)C2C(C1)Nc1nc(SC3CCCCC3)[nH]c(=O)c1C2c1ccccc1. The summed E-state index contributed by atoms with van der Waals surface area (Å²) in [6.07, 6.45) is 7.61. The molecule has 164 valence electrons. The number of Topliss-reactive ketones (excluding diaryl/α,β-unsaturated/α-hetero) is 1. The summed E-state index contributed by atoms with van der Waals surface area (Å²) in [5.41, 5.74) is 1.48. The number of nitrogens with zero attached hydrogens (tertiary/aromatic N) is 1. The first-order valence-corrected chi connectivity index (χ1v) is 12.4. The van der Waals surface area contributed by atoms with E-state index in [2.05, 4.69) is 24.1 Å². The van der Waals surface area contributed by atoms with Crippen molar-refractivity contribution in [1.29, 1.82) is 0 Å². The molecule has 31 heavy (non-hydrogen) atoms. The van der Waals surface area contributed by atoms with Crippen LogP contribution in [0.1, 0.15) is 75.8 Å². The Kier molecular flexibility index (Phi) is 5.45. The van der Waals surface area contributed by atoms with E-state index >= 15 is 0 Å². The normalized spacial score (nSPS) is 27.8. The van der Waals surface area contributed by atoms with Crippen LogP contribution in [-0.2, 0) is 4.79 Å². The molecule has 6 heteroatoms. The summed E-state index contributed by atoms with van der Waals surface area (Å²) in [6.45, 7) is 4.32. The number of anilines is 1. The molecule has 2 N–H and O–H groups in total. The maximum Gasteiger partial charge on any atom is 0.257 e. The monoisotopic (exact) mass is 437 g/mol. The molecule has 5 rings (SSSR count). The third-order valence-electron chi connectivity index (χ3n) is 7.15. The van der Waals surface area contributed by atoms with Crippen LogP contribution in [0.3, 0.4) is 0 Å². The number of thioether (sulfide) groups is 1. The molecule has 2 heterocycles. The van der Waals surface area contributed by atoms with Crippen LogP contribution in [0.15, 0.2) is 40.3 Å². The van der Waals surface area contributed by atoms with E-state index in [9.17, 15) is 9.59 Å². The number of aromatic amines is 1. The largest absolute Gasteiger partial charge is 0.366 e. The van der Waals surface area contributed by atoms with E-state index in [0.717, 1.165) is 12.0 Å². The van der Waals surface area contributed by atoms with Crippen LogP contribution >= 0.6 is 11.8 Å². The minimum absolute atomic E-state index is 0.00390. The number of hydrogen-bond donors (Lipinski definition) is 2. The third kappa shape index (κ3) is 4.07. The van der Waals surface area contributed by atoms with Crippen molar-refractivity contribution in [2.75, 3.05) is 5.32 Å². The van der Waals surface area contributed by atoms with Gasteiger partial charge in [-0.1, -0.05) is 75.2 Å². The van der Waals surface area contributed by atoms with Crippen LogP contribution in [0, 0.1) is 11.3 Å². The number of nitrogens with one attached hydrogen (secondary N) is 2. The van der Waals surface area contributed by atoms with E-state index in [4.69, 9.17) is 4.98 Å². The summed E-state index contributed by atoms with van der Waals surface area (Å²) < 4.78 is 0. The van der Waals surface area contributed by atoms with Crippen LogP contribution in [0.25, 0.3) is 0 Å². The molecular weight excluding hydrogens is 406 g/mol. The van der Waals surface area contributed by atoms with Gasteiger partial charge in [0, 0.05) is 29.5 Å². The highest BCUT2D eigenvalue weighted by Crippen LogP contribution is 2.48. The van der Waals surface area contributed by atoms with E-state index in [1.165, 1.54) is 32.1 Å². The number of H-pyrrole nitrogens is 1. The number of ketones is 1. The third-order valence-corrected chi connectivity index (χ3v) is 8.37. The zero-order chi connectivity index (χ0) is 21.6. The number of carbonyl (C=O) groups excluding carboxylic acids is 1. The van der Waals surface area contributed by atoms with Crippen molar-refractivity contribution >= 4 is 23.4 Å². The van der Waals surface area contributed by atoms with Crippen LogP contribution < -0.4 is 10.9 Å². The number of benzene rings is 1. The maximum absolute atomic E-state index is 13.4. The minimum atomic E-state index is -0.254. The van der Waals surface area contributed by atoms with Gasteiger partial charge >= 0.3 is 0 Å². The molecule has 3 unspecified atom stereocenters. The molecule has 0 radical (unpaired) electrons. The van der Waals surface area contributed by atoms with E-state index in [-0.39, 0.29) is 34.6 Å². The Morgan fingerprint density at radius 3 is 2.55 bits per heavy atom. The quantitative estimate of drug-likeness (QED) is 0.652. The van der Waals surface area contributed by atoms with Gasteiger partial charge < -0.3 is 10.3 Å². The molecule has 1 aromatic heterocycles. The number of rotatable bonds is 3. The van der Waals surface area contributed by atoms with Crippen molar-refractivity contribution in [3.05, 3.63) is 51.8 Å². The molecule has 1 aliphatic heterocycles. The lowest BCUT2D eigenvalue weighted by Crippen LogP contribution is -2.51. The van der Waals surface area contributed by atoms with Crippen LogP contribution in [0.4, 0.5) is 5.82 Å². The first-order chi connectivity index (χ1) is 14.9. The number of carbonyl (C=O) groups is 1. The van der Waals surface area contributed by atoms with Gasteiger partial charge in [0.05, 0.1) is 5.56 Å². The zero-order valence-electron chi connectivity index (χ0n) is 18.3. The Hall–Kier alpha value is -2.08. The minimum Gasteiger partial charge on any atom is -0.366 e. The lowest BCUT2D eigenvalue weighted by atomic mass is 9.62. The summed E-state index contributed by atoms with van der Waals surface area (Å²) in [7, 11) is 0. The Morgan fingerprint density at radius 2 is 1.81 bits per heavy atom. The van der Waals surface area contributed by atoms with Gasteiger partial charge in [0.1, 0.15) is 11.6 Å². The average Bonchev–Trinajstić information content (AvgIpc) is 2.72. The summed E-state index contributed by atoms with van der Waals surface area (Å²) in [6, 6.07) is 10.0. The molecule has 3 aliphatic rings. The van der Waals surface area contributed by atoms with Gasteiger partial charge in [0.25, 0.3) is 5.56 Å². The molecule has 5 nitrogen and oxygen atoms in total. The van der Waals surface area contributed by atoms with Crippen molar-refractivity contribution in [2.45, 2.75) is 81.2 Å². The highest BCUT2D eigenvalue weighted by atomic mass is 32.2. The van der Waals surface area contributed by atoms with Crippen LogP contribution in [0.5, 0.6) is 0 Å². The smallest absolute Gasteiger partial charge is 0.257 e. The van der Waals surface area contributed by atoms with Gasteiger partial charge in [0.2, 0.25) is 0 Å². The van der Waals surface area contributed by atoms with Gasteiger partial charge in [0.15, 0.2) is 5.16 Å². The van der Waals surface area contributed by atoms with Crippen molar-refractivity contribution in [3.63, 3.8) is 0 Å². The second kappa shape index (κ2) is 8.12. The zero-order valence-corrected chi connectivity index (χ0v) is 19.1. The fourth-order valence-corrected chi connectivity index (χ4v) is 6.99. The Morgan fingerprint density at radius 1 is 1.06 bits per heavy atom. The fourth-order valence-electron chi connectivity index (χ4n) is 5.81. The van der Waals surface area contributed by atoms with E-state index in [1.54, 1.807) is 11.8 Å². The molecule has 0 bridgehead atoms. The molecule has 2 saturated carbocycles. The van der Waals surface area contributed by atoms with Crippen molar-refractivity contribution in [3.8, 4) is 0 Å². The first-order valence-electron chi connectivity index (χ1n) is 11.6. The second-order valence-electron chi connectivity index (χ2n) is 10.2. The van der Waals surface area contributed by atoms with Gasteiger partial charge in [-0.15, -0.1) is 0 Å². The highest BCUT2D eigenvalue weighted by Gasteiger charge is 2.49. The fraction of sp³-hybridized carbons (Fsp3) is 0.560. The number of hydrogen-bond acceptors (Lipinski definition) is 5. The Labute approximate surface area is 187 Å². The van der Waals surface area contributed by atoms with Crippen LogP contribution in [-0.4, -0.2) is 27.0 Å². The predicted octanol–water partition coefficient (Wildman–Crippen LogP) is 5.13. The molecule has 2 aliphatic carbocycles. The Bertz CT molecular complexity index is 1030. The lowest BCUT2D eigenvalue weighted by Gasteiger charge is -2.46. The lowest BCUT2D eigenvalue weighted by molar-refractivity contribution is -0.129. The summed E-state index contributed by atoms with van der Waals surface area (Å²) in [5, 5.41) is 4.76. The number of fused-ring (bicyclic) bond motifs is 2. The van der Waals surface area contributed by atoms with E-state index < -0.39 is 0 Å². The predicted molar refractivity (Wildman–Crippen MR) is 125 cm³/mol. The standard InChI is InChI=1S/C25H31N3O2S/c1-25(2)13-17-20(18(29)14-25)19(15-9-5-3-6-10-15)21-22(26-17)27-24(28-23(21)30)31-16-11-7-4-8-12-16/h3,5-6,9-10,16-17,19-20H,4,7-8,11-14H2,1-2H3,(H2,26,27,28,30). The van der Waals surface area contributed by atoms with Gasteiger partial charge in [-0.3, -0.25) is 9.59 Å². The molecule has 3 atom stereocenters. The molecular formula is C25H31N3O2S. The van der Waals surface area contributed by atoms with Gasteiger partial charge in [-0.2, -0.15) is 0 Å². The molecule has 2 fully saturated rings. The van der Waals surface area contributed by atoms with Crippen molar-refractivity contribution in [1.82, 2.24) is 9.97 Å². The number of aromatic nitrogens is 2. The molecule has 0 amide bonds. The summed E-state index contributed by atoms with van der Waals surface area (Å²) in [4.78, 5) is 34.6. The topological polar surface area (TPSA) is 74.8 Å². The highest BCUT2D eigenvalue weighted by molar-refractivity contribution is 7.99. The summed E-state index contributed by atoms with van der Waals surface area (Å²) in [5.74, 6) is 0.426. The second-order valence-corrected chi connectivity index (χ2v) is 11.5. The van der Waals surface area contributed by atoms with Gasteiger partial charge in [-0.25, -0.2) is 4.98 Å². The molecule has 2 aromatic rings. The van der Waals surface area contributed by atoms with E-state index in [0.29, 0.717) is 28.2 Å². The van der Waals surface area contributed by atoms with Crippen LogP contribution in [0.2, 0.25) is 0 Å². The summed E-state index contributed by atoms with van der Waals surface area (Å²) >= 11 is 1.70. The molecule has 0 spiro atoms. The van der Waals surface area contributed by atoms with Crippen molar-refractivity contribution < 1.29 is 4.79 Å².